The van der Waals surface area contributed by atoms with Crippen LogP contribution in [0.15, 0.2) is 12.1 Å². The molecule has 0 saturated carbocycles. The van der Waals surface area contributed by atoms with E-state index in [4.69, 9.17) is 0 Å². The maximum Gasteiger partial charge on any atom is 0.129 e. The first-order chi connectivity index (χ1) is 8.76. The molecule has 1 aliphatic heterocycles. The molecule has 1 N–H and O–H groups in total. The molecule has 3 nitrogen and oxygen atoms in total. The lowest BCUT2D eigenvalue weighted by atomic mass is 10.1. The predicted octanol–water partition coefficient (Wildman–Crippen LogP) is 3.04. The second-order valence-electron chi connectivity index (χ2n) is 5.18. The third-order valence-corrected chi connectivity index (χ3v) is 3.99. The Hall–Kier alpha value is -1.09. The zero-order valence-electron chi connectivity index (χ0n) is 11.5. The van der Waals surface area contributed by atoms with Gasteiger partial charge in [-0.3, -0.25) is 0 Å². The zero-order chi connectivity index (χ0) is 13.0. The maximum atomic E-state index is 9.21. The molecule has 2 rings (SSSR count). The molecule has 1 aromatic heterocycles. The SMILES string of the molecule is CCC1CCCCCN1c1ccc(CO)c(C)n1. The molecule has 100 valence electrons. The van der Waals surface area contributed by atoms with Crippen LogP contribution in [0.25, 0.3) is 0 Å². The van der Waals surface area contributed by atoms with Crippen LogP contribution in [0.2, 0.25) is 0 Å². The number of aliphatic hydroxyl groups excluding tert-OH is 1. The van der Waals surface area contributed by atoms with E-state index >= 15 is 0 Å². The van der Waals surface area contributed by atoms with Gasteiger partial charge in [0.25, 0.3) is 0 Å². The van der Waals surface area contributed by atoms with Gasteiger partial charge in [-0.15, -0.1) is 0 Å². The summed E-state index contributed by atoms with van der Waals surface area (Å²) in [5.74, 6) is 1.08. The molecular weight excluding hydrogens is 224 g/mol. The number of pyridine rings is 1. The monoisotopic (exact) mass is 248 g/mol. The number of hydrogen-bond donors (Lipinski definition) is 1. The molecule has 2 heterocycles. The van der Waals surface area contributed by atoms with Gasteiger partial charge in [-0.25, -0.2) is 4.98 Å². The molecule has 0 aliphatic carbocycles. The first-order valence-corrected chi connectivity index (χ1v) is 7.10. The van der Waals surface area contributed by atoms with Crippen molar-refractivity contribution in [3.8, 4) is 0 Å². The van der Waals surface area contributed by atoms with Crippen LogP contribution in [0, 0.1) is 6.92 Å². The van der Waals surface area contributed by atoms with E-state index in [-0.39, 0.29) is 6.61 Å². The summed E-state index contributed by atoms with van der Waals surface area (Å²) in [5.41, 5.74) is 1.88. The normalized spacial score (nSPS) is 20.8. The molecule has 0 amide bonds. The Morgan fingerprint density at radius 1 is 1.33 bits per heavy atom. The Bertz CT molecular complexity index is 392. The minimum atomic E-state index is 0.0797. The van der Waals surface area contributed by atoms with E-state index in [1.54, 1.807) is 0 Å². The van der Waals surface area contributed by atoms with Gasteiger partial charge in [0.05, 0.1) is 6.61 Å². The van der Waals surface area contributed by atoms with E-state index in [9.17, 15) is 5.11 Å². The number of anilines is 1. The van der Waals surface area contributed by atoms with Gasteiger partial charge in [-0.05, 0) is 37.8 Å². The molecule has 0 bridgehead atoms. The van der Waals surface area contributed by atoms with Crippen LogP contribution in [0.3, 0.4) is 0 Å². The van der Waals surface area contributed by atoms with Gasteiger partial charge < -0.3 is 10.0 Å². The molecular formula is C15H24N2O. The van der Waals surface area contributed by atoms with Crippen molar-refractivity contribution in [1.29, 1.82) is 0 Å². The van der Waals surface area contributed by atoms with Crippen LogP contribution in [-0.4, -0.2) is 22.7 Å². The van der Waals surface area contributed by atoms with Crippen LogP contribution in [-0.2, 0) is 6.61 Å². The van der Waals surface area contributed by atoms with Crippen molar-refractivity contribution < 1.29 is 5.11 Å². The number of aromatic nitrogens is 1. The van der Waals surface area contributed by atoms with E-state index in [0.29, 0.717) is 6.04 Å². The average Bonchev–Trinajstić information content (AvgIpc) is 2.63. The quantitative estimate of drug-likeness (QED) is 0.893. The molecule has 1 unspecified atom stereocenters. The lowest BCUT2D eigenvalue weighted by molar-refractivity contribution is 0.280. The first kappa shape index (κ1) is 13.3. The van der Waals surface area contributed by atoms with E-state index in [1.807, 2.05) is 13.0 Å². The summed E-state index contributed by atoms with van der Waals surface area (Å²) in [6, 6.07) is 4.70. The number of rotatable bonds is 3. The molecule has 18 heavy (non-hydrogen) atoms. The van der Waals surface area contributed by atoms with Crippen LogP contribution < -0.4 is 4.90 Å². The Balaban J connectivity index is 2.24. The number of aliphatic hydroxyl groups is 1. The van der Waals surface area contributed by atoms with Crippen molar-refractivity contribution in [3.05, 3.63) is 23.4 Å². The maximum absolute atomic E-state index is 9.21. The van der Waals surface area contributed by atoms with Gasteiger partial charge in [0.2, 0.25) is 0 Å². The molecule has 0 aromatic carbocycles. The largest absolute Gasteiger partial charge is 0.392 e. The topological polar surface area (TPSA) is 36.4 Å². The van der Waals surface area contributed by atoms with E-state index in [0.717, 1.165) is 23.6 Å². The fourth-order valence-electron chi connectivity index (χ4n) is 2.81. The molecule has 1 saturated heterocycles. The highest BCUT2D eigenvalue weighted by molar-refractivity contribution is 5.42. The minimum Gasteiger partial charge on any atom is -0.392 e. The fourth-order valence-corrected chi connectivity index (χ4v) is 2.81. The molecule has 1 aliphatic rings. The minimum absolute atomic E-state index is 0.0797. The Morgan fingerprint density at radius 2 is 2.17 bits per heavy atom. The van der Waals surface area contributed by atoms with Crippen LogP contribution in [0.1, 0.15) is 50.3 Å². The average molecular weight is 248 g/mol. The van der Waals surface area contributed by atoms with E-state index < -0.39 is 0 Å². The van der Waals surface area contributed by atoms with Crippen molar-refractivity contribution in [1.82, 2.24) is 4.98 Å². The van der Waals surface area contributed by atoms with Crippen LogP contribution in [0.4, 0.5) is 5.82 Å². The first-order valence-electron chi connectivity index (χ1n) is 7.10. The van der Waals surface area contributed by atoms with Gasteiger partial charge in [0.1, 0.15) is 5.82 Å². The Labute approximate surface area is 110 Å². The van der Waals surface area contributed by atoms with Crippen molar-refractivity contribution in [3.63, 3.8) is 0 Å². The summed E-state index contributed by atoms with van der Waals surface area (Å²) in [6.07, 6.45) is 6.39. The lowest BCUT2D eigenvalue weighted by Crippen LogP contribution is -2.35. The summed E-state index contributed by atoms with van der Waals surface area (Å²) in [6.45, 7) is 5.44. The number of aryl methyl sites for hydroxylation is 1. The van der Waals surface area contributed by atoms with Crippen molar-refractivity contribution >= 4 is 5.82 Å². The third kappa shape index (κ3) is 2.83. The van der Waals surface area contributed by atoms with Gasteiger partial charge in [-0.1, -0.05) is 25.8 Å². The fraction of sp³-hybridized carbons (Fsp3) is 0.667. The number of hydrogen-bond acceptors (Lipinski definition) is 3. The molecule has 1 atom stereocenters. The van der Waals surface area contributed by atoms with Gasteiger partial charge in [0.15, 0.2) is 0 Å². The lowest BCUT2D eigenvalue weighted by Gasteiger charge is -2.30. The number of nitrogens with zero attached hydrogens (tertiary/aromatic N) is 2. The second kappa shape index (κ2) is 6.19. The van der Waals surface area contributed by atoms with Crippen LogP contribution in [0.5, 0.6) is 0 Å². The third-order valence-electron chi connectivity index (χ3n) is 3.99. The summed E-state index contributed by atoms with van der Waals surface area (Å²) in [5, 5.41) is 9.21. The smallest absolute Gasteiger partial charge is 0.129 e. The molecule has 1 fully saturated rings. The molecule has 0 spiro atoms. The summed E-state index contributed by atoms with van der Waals surface area (Å²) in [7, 11) is 0. The highest BCUT2D eigenvalue weighted by Gasteiger charge is 2.20. The summed E-state index contributed by atoms with van der Waals surface area (Å²) >= 11 is 0. The van der Waals surface area contributed by atoms with E-state index in [1.165, 1.54) is 32.1 Å². The van der Waals surface area contributed by atoms with Crippen molar-refractivity contribution in [2.24, 2.45) is 0 Å². The van der Waals surface area contributed by atoms with Gasteiger partial charge in [0, 0.05) is 18.3 Å². The Kier molecular flexibility index (Phi) is 4.59. The second-order valence-corrected chi connectivity index (χ2v) is 5.18. The molecule has 0 radical (unpaired) electrons. The summed E-state index contributed by atoms with van der Waals surface area (Å²) in [4.78, 5) is 7.13. The summed E-state index contributed by atoms with van der Waals surface area (Å²) < 4.78 is 0. The van der Waals surface area contributed by atoms with E-state index in [2.05, 4.69) is 22.9 Å². The molecule has 3 heteroatoms. The molecule has 1 aromatic rings. The van der Waals surface area contributed by atoms with Crippen molar-refractivity contribution in [2.45, 2.75) is 58.6 Å². The standard InChI is InChI=1S/C15H24N2O/c1-3-14-7-5-4-6-10-17(14)15-9-8-13(11-18)12(2)16-15/h8-9,14,18H,3-7,10-11H2,1-2H3. The highest BCUT2D eigenvalue weighted by atomic mass is 16.3. The van der Waals surface area contributed by atoms with Crippen molar-refractivity contribution in [2.75, 3.05) is 11.4 Å². The highest BCUT2D eigenvalue weighted by Crippen LogP contribution is 2.25. The van der Waals surface area contributed by atoms with Gasteiger partial charge >= 0.3 is 0 Å². The van der Waals surface area contributed by atoms with Gasteiger partial charge in [-0.2, -0.15) is 0 Å². The zero-order valence-corrected chi connectivity index (χ0v) is 11.5. The predicted molar refractivity (Wildman–Crippen MR) is 74.8 cm³/mol. The van der Waals surface area contributed by atoms with Crippen LogP contribution >= 0.6 is 0 Å². The Morgan fingerprint density at radius 3 is 2.83 bits per heavy atom.